The van der Waals surface area contributed by atoms with E-state index in [-0.39, 0.29) is 18.4 Å². The number of benzene rings is 2. The quantitative estimate of drug-likeness (QED) is 0.520. The lowest BCUT2D eigenvalue weighted by Crippen LogP contribution is -2.33. The number of nitrogens with two attached hydrogens (primary N) is 1. The second-order valence-electron chi connectivity index (χ2n) is 7.77. The van der Waals surface area contributed by atoms with E-state index >= 15 is 0 Å². The van der Waals surface area contributed by atoms with Crippen LogP contribution in [0.3, 0.4) is 0 Å². The van der Waals surface area contributed by atoms with Crippen molar-refractivity contribution in [1.29, 1.82) is 5.41 Å². The molecule has 2 aromatic carbocycles. The average molecular weight is 439 g/mol. The Hall–Kier alpha value is -3.52. The number of amides is 1. The molecule has 1 unspecified atom stereocenters. The molecule has 0 aromatic heterocycles. The first-order chi connectivity index (χ1) is 15.5. The van der Waals surface area contributed by atoms with Crippen LogP contribution in [0.2, 0.25) is 0 Å². The minimum absolute atomic E-state index is 0.159. The summed E-state index contributed by atoms with van der Waals surface area (Å²) < 4.78 is 17.2. The Balaban J connectivity index is 1.80. The van der Waals surface area contributed by atoms with Gasteiger partial charge in [-0.1, -0.05) is 12.1 Å². The van der Waals surface area contributed by atoms with Crippen LogP contribution in [0.5, 0.6) is 17.2 Å². The first kappa shape index (κ1) is 23.1. The topological polar surface area (TPSA) is 110 Å². The second-order valence-corrected chi connectivity index (χ2v) is 7.77. The molecule has 3 rings (SSSR count). The van der Waals surface area contributed by atoms with Gasteiger partial charge >= 0.3 is 0 Å². The van der Waals surface area contributed by atoms with Crippen LogP contribution in [0.25, 0.3) is 5.57 Å². The highest BCUT2D eigenvalue weighted by molar-refractivity contribution is 6.08. The summed E-state index contributed by atoms with van der Waals surface area (Å²) in [6.45, 7) is 1.45. The molecule has 0 fully saturated rings. The lowest BCUT2D eigenvalue weighted by Gasteiger charge is -2.26. The Kier molecular flexibility index (Phi) is 7.72. The van der Waals surface area contributed by atoms with Crippen molar-refractivity contribution in [2.45, 2.75) is 6.42 Å². The second kappa shape index (κ2) is 10.7. The van der Waals surface area contributed by atoms with Crippen molar-refractivity contribution in [2.24, 2.45) is 11.7 Å². The summed E-state index contributed by atoms with van der Waals surface area (Å²) in [6.07, 6.45) is 3.07. The molecule has 0 aliphatic carbocycles. The Morgan fingerprint density at radius 2 is 2.12 bits per heavy atom. The molecule has 1 aliphatic heterocycles. The number of likely N-dealkylation sites (N-methyl/N-ethyl adjacent to an activating group) is 1. The summed E-state index contributed by atoms with van der Waals surface area (Å²) in [6, 6.07) is 11.0. The van der Waals surface area contributed by atoms with E-state index in [1.54, 1.807) is 25.3 Å². The monoisotopic (exact) mass is 438 g/mol. The largest absolute Gasteiger partial charge is 0.496 e. The number of nitrogens with one attached hydrogen (secondary N) is 2. The van der Waals surface area contributed by atoms with Gasteiger partial charge in [-0.05, 0) is 50.3 Å². The number of allylic oxidation sites excluding steroid dienone is 1. The van der Waals surface area contributed by atoms with Gasteiger partial charge in [0.25, 0.3) is 0 Å². The van der Waals surface area contributed by atoms with Gasteiger partial charge in [0.2, 0.25) is 5.91 Å². The van der Waals surface area contributed by atoms with Crippen molar-refractivity contribution in [3.8, 4) is 17.2 Å². The molecule has 170 valence electrons. The molecule has 0 radical (unpaired) electrons. The van der Waals surface area contributed by atoms with Gasteiger partial charge in [0, 0.05) is 30.1 Å². The molecule has 2 aromatic rings. The zero-order valence-electron chi connectivity index (χ0n) is 18.7. The van der Waals surface area contributed by atoms with Crippen LogP contribution in [0.1, 0.15) is 11.1 Å². The van der Waals surface area contributed by atoms with Crippen LogP contribution < -0.4 is 25.3 Å². The van der Waals surface area contributed by atoms with Gasteiger partial charge in [0.15, 0.2) is 0 Å². The molecule has 0 bridgehead atoms. The minimum Gasteiger partial charge on any atom is -0.496 e. The third-order valence-electron chi connectivity index (χ3n) is 5.28. The van der Waals surface area contributed by atoms with E-state index in [1.165, 1.54) is 12.4 Å². The molecule has 32 heavy (non-hydrogen) atoms. The smallest absolute Gasteiger partial charge is 0.231 e. The molecule has 0 saturated carbocycles. The molecule has 4 N–H and O–H groups in total. The number of carbonyl (C=O) groups is 1. The van der Waals surface area contributed by atoms with Crippen molar-refractivity contribution in [1.82, 2.24) is 4.90 Å². The number of carbonyl (C=O) groups excluding carboxylic acids is 1. The van der Waals surface area contributed by atoms with Gasteiger partial charge < -0.3 is 35.6 Å². The van der Waals surface area contributed by atoms with Crippen LogP contribution in [0.4, 0.5) is 5.69 Å². The Labute approximate surface area is 188 Å². The Bertz CT molecular complexity index is 989. The van der Waals surface area contributed by atoms with E-state index < -0.39 is 0 Å². The number of ether oxygens (including phenoxy) is 3. The number of fused-ring (bicyclic) bond motifs is 1. The van der Waals surface area contributed by atoms with Crippen molar-refractivity contribution in [2.75, 3.05) is 46.3 Å². The standard InChI is InChI=1S/C24H30N4O4/c1-28(2)9-10-31-23-12-16(18(13-25)14-26)7-8-20(23)27-24(29)17-11-19-21(30-3)5-4-6-22(19)32-15-17/h4-8,12-14,17,25H,9-11,15,26H2,1-3H3,(H,27,29)/b18-14+,25-13?. The highest BCUT2D eigenvalue weighted by atomic mass is 16.5. The molecular formula is C24H30N4O4. The van der Waals surface area contributed by atoms with Gasteiger partial charge in [-0.15, -0.1) is 0 Å². The van der Waals surface area contributed by atoms with E-state index in [2.05, 4.69) is 5.32 Å². The number of hydrogen-bond donors (Lipinski definition) is 3. The van der Waals surface area contributed by atoms with Crippen LogP contribution in [-0.2, 0) is 11.2 Å². The summed E-state index contributed by atoms with van der Waals surface area (Å²) in [4.78, 5) is 15.1. The highest BCUT2D eigenvalue weighted by Crippen LogP contribution is 2.35. The number of rotatable bonds is 9. The van der Waals surface area contributed by atoms with Crippen molar-refractivity contribution >= 4 is 23.4 Å². The van der Waals surface area contributed by atoms with Crippen molar-refractivity contribution in [3.05, 3.63) is 53.7 Å². The van der Waals surface area contributed by atoms with Gasteiger partial charge in [0.1, 0.15) is 30.5 Å². The maximum Gasteiger partial charge on any atom is 0.231 e. The van der Waals surface area contributed by atoms with Gasteiger partial charge in [-0.2, -0.15) is 0 Å². The molecule has 8 heteroatoms. The Morgan fingerprint density at radius 3 is 2.81 bits per heavy atom. The predicted octanol–water partition coefficient (Wildman–Crippen LogP) is 2.77. The molecule has 1 aliphatic rings. The number of nitrogens with zero attached hydrogens (tertiary/aromatic N) is 1. The fourth-order valence-electron chi connectivity index (χ4n) is 3.46. The fraction of sp³-hybridized carbons (Fsp3) is 0.333. The van der Waals surface area contributed by atoms with E-state index in [1.807, 2.05) is 37.2 Å². The predicted molar refractivity (Wildman–Crippen MR) is 126 cm³/mol. The van der Waals surface area contributed by atoms with Crippen LogP contribution in [-0.4, -0.2) is 58.0 Å². The summed E-state index contributed by atoms with van der Waals surface area (Å²) in [5.41, 5.74) is 8.38. The van der Waals surface area contributed by atoms with Crippen molar-refractivity contribution in [3.63, 3.8) is 0 Å². The number of hydrogen-bond acceptors (Lipinski definition) is 7. The van der Waals surface area contributed by atoms with E-state index in [9.17, 15) is 4.79 Å². The summed E-state index contributed by atoms with van der Waals surface area (Å²) >= 11 is 0. The molecule has 1 heterocycles. The van der Waals surface area contributed by atoms with Gasteiger partial charge in [-0.3, -0.25) is 4.79 Å². The lowest BCUT2D eigenvalue weighted by atomic mass is 9.95. The summed E-state index contributed by atoms with van der Waals surface area (Å²) in [5.74, 6) is 1.46. The van der Waals surface area contributed by atoms with Crippen molar-refractivity contribution < 1.29 is 19.0 Å². The summed E-state index contributed by atoms with van der Waals surface area (Å²) in [7, 11) is 5.53. The third kappa shape index (κ3) is 5.39. The average Bonchev–Trinajstić information content (AvgIpc) is 2.80. The third-order valence-corrected chi connectivity index (χ3v) is 5.28. The number of anilines is 1. The zero-order valence-corrected chi connectivity index (χ0v) is 18.7. The van der Waals surface area contributed by atoms with E-state index in [0.717, 1.165) is 23.4 Å². The maximum absolute atomic E-state index is 13.1. The first-order valence-corrected chi connectivity index (χ1v) is 10.4. The zero-order chi connectivity index (χ0) is 23.1. The molecule has 0 saturated heterocycles. The molecule has 1 atom stereocenters. The Morgan fingerprint density at radius 1 is 1.31 bits per heavy atom. The summed E-state index contributed by atoms with van der Waals surface area (Å²) in [5, 5.41) is 10.5. The van der Waals surface area contributed by atoms with Crippen LogP contribution >= 0.6 is 0 Å². The van der Waals surface area contributed by atoms with E-state index in [0.29, 0.717) is 35.8 Å². The number of methoxy groups -OCH3 is 1. The maximum atomic E-state index is 13.1. The minimum atomic E-state index is -0.367. The van der Waals surface area contributed by atoms with Crippen LogP contribution in [0.15, 0.2) is 42.6 Å². The van der Waals surface area contributed by atoms with Gasteiger partial charge in [-0.25, -0.2) is 0 Å². The van der Waals surface area contributed by atoms with E-state index in [4.69, 9.17) is 25.4 Å². The fourth-order valence-corrected chi connectivity index (χ4v) is 3.46. The molecule has 1 amide bonds. The molecule has 0 spiro atoms. The lowest BCUT2D eigenvalue weighted by molar-refractivity contribution is -0.121. The normalized spacial score (nSPS) is 15.5. The van der Waals surface area contributed by atoms with Crippen LogP contribution in [0, 0.1) is 11.3 Å². The molecular weight excluding hydrogens is 408 g/mol. The SMILES string of the molecule is COc1cccc2c1CC(C(=O)Nc1ccc(/C(C=N)=C/N)cc1OCCN(C)C)CO2. The first-order valence-electron chi connectivity index (χ1n) is 10.4. The highest BCUT2D eigenvalue weighted by Gasteiger charge is 2.28. The van der Waals surface area contributed by atoms with Gasteiger partial charge in [0.05, 0.1) is 18.7 Å². The molecule has 8 nitrogen and oxygen atoms in total.